The van der Waals surface area contributed by atoms with Gasteiger partial charge in [-0.05, 0) is 51.3 Å². The first-order valence-electron chi connectivity index (χ1n) is 7.46. The molecule has 19 heavy (non-hydrogen) atoms. The van der Waals surface area contributed by atoms with Gasteiger partial charge in [-0.1, -0.05) is 37.3 Å². The number of likely N-dealkylation sites (tertiary alicyclic amines) is 1. The third kappa shape index (κ3) is 3.16. The number of nitrogens with two attached hydrogens (primary N) is 1. The number of hydrazine groups is 1. The molecule has 0 radical (unpaired) electrons. The first-order valence-corrected chi connectivity index (χ1v) is 7.46. The minimum absolute atomic E-state index is 0.140. The third-order valence-corrected chi connectivity index (χ3v) is 4.78. The van der Waals surface area contributed by atoms with E-state index in [1.807, 2.05) is 0 Å². The molecule has 0 aromatic heterocycles. The molecule has 0 bridgehead atoms. The Bertz CT molecular complexity index is 373. The van der Waals surface area contributed by atoms with Gasteiger partial charge in [-0.2, -0.15) is 0 Å². The second-order valence-electron chi connectivity index (χ2n) is 5.81. The lowest BCUT2D eigenvalue weighted by Gasteiger charge is -2.44. The molecule has 1 aliphatic heterocycles. The standard InChI is InChI=1S/C16H27N3/c1-3-16(2,19-11-7-8-12-19)15(18-17)13-14-9-5-4-6-10-14/h4-6,9-10,15,18H,3,7-8,11-13,17H2,1-2H3. The summed E-state index contributed by atoms with van der Waals surface area (Å²) < 4.78 is 0. The van der Waals surface area contributed by atoms with Crippen LogP contribution in [0.25, 0.3) is 0 Å². The summed E-state index contributed by atoms with van der Waals surface area (Å²) in [6.07, 6.45) is 4.74. The molecular weight excluding hydrogens is 234 g/mol. The summed E-state index contributed by atoms with van der Waals surface area (Å²) >= 11 is 0. The van der Waals surface area contributed by atoms with E-state index >= 15 is 0 Å². The Morgan fingerprint density at radius 3 is 2.42 bits per heavy atom. The van der Waals surface area contributed by atoms with Gasteiger partial charge < -0.3 is 0 Å². The van der Waals surface area contributed by atoms with Gasteiger partial charge in [-0.25, -0.2) is 0 Å². The molecule has 0 saturated carbocycles. The molecule has 2 atom stereocenters. The molecule has 1 aromatic carbocycles. The summed E-state index contributed by atoms with van der Waals surface area (Å²) in [4.78, 5) is 2.61. The number of nitrogens with zero attached hydrogens (tertiary/aromatic N) is 1. The lowest BCUT2D eigenvalue weighted by Crippen LogP contribution is -2.61. The molecule has 2 unspecified atom stereocenters. The average molecular weight is 261 g/mol. The second-order valence-corrected chi connectivity index (χ2v) is 5.81. The van der Waals surface area contributed by atoms with Gasteiger partial charge in [0.1, 0.15) is 0 Å². The maximum Gasteiger partial charge on any atom is 0.0432 e. The van der Waals surface area contributed by atoms with Crippen molar-refractivity contribution in [2.24, 2.45) is 5.84 Å². The van der Waals surface area contributed by atoms with Gasteiger partial charge in [0.05, 0.1) is 0 Å². The van der Waals surface area contributed by atoms with Crippen molar-refractivity contribution in [3.05, 3.63) is 35.9 Å². The lowest BCUT2D eigenvalue weighted by molar-refractivity contribution is 0.0841. The van der Waals surface area contributed by atoms with Crippen molar-refractivity contribution in [2.75, 3.05) is 13.1 Å². The van der Waals surface area contributed by atoms with E-state index in [2.05, 4.69) is 54.5 Å². The van der Waals surface area contributed by atoms with Gasteiger partial charge in [-0.3, -0.25) is 16.2 Å². The zero-order valence-electron chi connectivity index (χ0n) is 12.2. The summed E-state index contributed by atoms with van der Waals surface area (Å²) in [6.45, 7) is 7.04. The van der Waals surface area contributed by atoms with Crippen LogP contribution in [0.3, 0.4) is 0 Å². The smallest absolute Gasteiger partial charge is 0.0432 e. The number of nitrogens with one attached hydrogen (secondary N) is 1. The SMILES string of the molecule is CCC(C)(C(Cc1ccccc1)NN)N1CCCC1. The van der Waals surface area contributed by atoms with Gasteiger partial charge in [-0.15, -0.1) is 0 Å². The first-order chi connectivity index (χ1) is 9.20. The Balaban J connectivity index is 2.13. The van der Waals surface area contributed by atoms with Gasteiger partial charge in [0.2, 0.25) is 0 Å². The Labute approximate surface area is 117 Å². The van der Waals surface area contributed by atoms with Crippen molar-refractivity contribution in [2.45, 2.75) is 51.1 Å². The number of hydrogen-bond acceptors (Lipinski definition) is 3. The minimum atomic E-state index is 0.140. The topological polar surface area (TPSA) is 41.3 Å². The van der Waals surface area contributed by atoms with Crippen molar-refractivity contribution < 1.29 is 0 Å². The van der Waals surface area contributed by atoms with Crippen LogP contribution in [0.2, 0.25) is 0 Å². The highest BCUT2D eigenvalue weighted by Gasteiger charge is 2.38. The molecule has 1 saturated heterocycles. The van der Waals surface area contributed by atoms with E-state index in [0.29, 0.717) is 0 Å². The van der Waals surface area contributed by atoms with Gasteiger partial charge in [0, 0.05) is 11.6 Å². The summed E-state index contributed by atoms with van der Waals surface area (Å²) in [5.74, 6) is 5.87. The van der Waals surface area contributed by atoms with Crippen LogP contribution in [-0.4, -0.2) is 29.6 Å². The molecule has 106 valence electrons. The van der Waals surface area contributed by atoms with E-state index < -0.39 is 0 Å². The predicted molar refractivity (Wildman–Crippen MR) is 80.8 cm³/mol. The highest BCUT2D eigenvalue weighted by Crippen LogP contribution is 2.29. The molecule has 3 N–H and O–H groups in total. The van der Waals surface area contributed by atoms with Crippen LogP contribution in [0, 0.1) is 0 Å². The molecule has 2 rings (SSSR count). The van der Waals surface area contributed by atoms with Crippen LogP contribution in [0.4, 0.5) is 0 Å². The van der Waals surface area contributed by atoms with E-state index in [9.17, 15) is 0 Å². The Morgan fingerprint density at radius 2 is 1.89 bits per heavy atom. The maximum atomic E-state index is 5.87. The summed E-state index contributed by atoms with van der Waals surface area (Å²) in [5.41, 5.74) is 4.57. The number of rotatable bonds is 6. The van der Waals surface area contributed by atoms with Gasteiger partial charge in [0.15, 0.2) is 0 Å². The van der Waals surface area contributed by atoms with Gasteiger partial charge in [0.25, 0.3) is 0 Å². The zero-order valence-corrected chi connectivity index (χ0v) is 12.2. The summed E-state index contributed by atoms with van der Waals surface area (Å²) in [5, 5.41) is 0. The Morgan fingerprint density at radius 1 is 1.26 bits per heavy atom. The molecule has 1 fully saturated rings. The van der Waals surface area contributed by atoms with E-state index in [0.717, 1.165) is 12.8 Å². The van der Waals surface area contributed by atoms with E-state index in [-0.39, 0.29) is 11.6 Å². The fourth-order valence-electron chi connectivity index (χ4n) is 3.23. The molecule has 1 aliphatic rings. The van der Waals surface area contributed by atoms with E-state index in [4.69, 9.17) is 5.84 Å². The lowest BCUT2D eigenvalue weighted by atomic mass is 9.84. The van der Waals surface area contributed by atoms with Crippen LogP contribution < -0.4 is 11.3 Å². The molecule has 0 amide bonds. The van der Waals surface area contributed by atoms with Crippen LogP contribution >= 0.6 is 0 Å². The van der Waals surface area contributed by atoms with E-state index in [1.54, 1.807) is 0 Å². The molecular formula is C16H27N3. The molecule has 1 heterocycles. The van der Waals surface area contributed by atoms with Gasteiger partial charge >= 0.3 is 0 Å². The number of hydrogen-bond donors (Lipinski definition) is 2. The van der Waals surface area contributed by atoms with Crippen LogP contribution in [0.5, 0.6) is 0 Å². The second kappa shape index (κ2) is 6.51. The van der Waals surface area contributed by atoms with Crippen molar-refractivity contribution >= 4 is 0 Å². The Kier molecular flexibility index (Phi) is 4.97. The zero-order chi connectivity index (χ0) is 13.7. The van der Waals surface area contributed by atoms with E-state index in [1.165, 1.54) is 31.5 Å². The fourth-order valence-corrected chi connectivity index (χ4v) is 3.23. The largest absolute Gasteiger partial charge is 0.296 e. The monoisotopic (exact) mass is 261 g/mol. The first kappa shape index (κ1) is 14.5. The van der Waals surface area contributed by atoms with Crippen LogP contribution in [-0.2, 0) is 6.42 Å². The fraction of sp³-hybridized carbons (Fsp3) is 0.625. The average Bonchev–Trinajstić information content (AvgIpc) is 3.00. The molecule has 1 aromatic rings. The summed E-state index contributed by atoms with van der Waals surface area (Å²) in [6, 6.07) is 10.9. The quantitative estimate of drug-likeness (QED) is 0.610. The van der Waals surface area contributed by atoms with Crippen molar-refractivity contribution in [1.29, 1.82) is 0 Å². The van der Waals surface area contributed by atoms with Crippen molar-refractivity contribution in [1.82, 2.24) is 10.3 Å². The van der Waals surface area contributed by atoms with Crippen LogP contribution in [0.15, 0.2) is 30.3 Å². The number of benzene rings is 1. The van der Waals surface area contributed by atoms with Crippen LogP contribution in [0.1, 0.15) is 38.7 Å². The Hall–Kier alpha value is -0.900. The molecule has 0 spiro atoms. The highest BCUT2D eigenvalue weighted by molar-refractivity contribution is 5.17. The summed E-state index contributed by atoms with van der Waals surface area (Å²) in [7, 11) is 0. The molecule has 3 heteroatoms. The molecule has 0 aliphatic carbocycles. The maximum absolute atomic E-state index is 5.87. The molecule has 3 nitrogen and oxygen atoms in total. The third-order valence-electron chi connectivity index (χ3n) is 4.78. The van der Waals surface area contributed by atoms with Crippen molar-refractivity contribution in [3.63, 3.8) is 0 Å². The normalized spacial score (nSPS) is 21.2. The predicted octanol–water partition coefficient (Wildman–Crippen LogP) is 2.33. The van der Waals surface area contributed by atoms with Crippen molar-refractivity contribution in [3.8, 4) is 0 Å². The highest BCUT2D eigenvalue weighted by atomic mass is 15.3. The minimum Gasteiger partial charge on any atom is -0.296 e.